The van der Waals surface area contributed by atoms with E-state index in [-0.39, 0.29) is 0 Å². The number of ether oxygens (including phenoxy) is 1. The van der Waals surface area contributed by atoms with Gasteiger partial charge in [-0.2, -0.15) is 0 Å². The van der Waals surface area contributed by atoms with Crippen LogP contribution in [0.4, 0.5) is 0 Å². The quantitative estimate of drug-likeness (QED) is 0.776. The Bertz CT molecular complexity index is 396. The summed E-state index contributed by atoms with van der Waals surface area (Å²) in [6.07, 6.45) is 6.64. The molecule has 17 heavy (non-hydrogen) atoms. The molecule has 2 heteroatoms. The van der Waals surface area contributed by atoms with Crippen molar-refractivity contribution in [3.8, 4) is 5.75 Å². The van der Waals surface area contributed by atoms with Crippen molar-refractivity contribution in [2.75, 3.05) is 20.2 Å². The van der Waals surface area contributed by atoms with Gasteiger partial charge < -0.3 is 4.74 Å². The molecule has 1 heterocycles. The molecular formula is C15H21NO. The zero-order valence-electron chi connectivity index (χ0n) is 10.6. The van der Waals surface area contributed by atoms with Crippen LogP contribution in [-0.4, -0.2) is 31.1 Å². The lowest BCUT2D eigenvalue weighted by atomic mass is 10.1. The lowest BCUT2D eigenvalue weighted by Crippen LogP contribution is -2.39. The predicted molar refractivity (Wildman–Crippen MR) is 69.6 cm³/mol. The molecule has 1 aliphatic carbocycles. The molecule has 92 valence electrons. The van der Waals surface area contributed by atoms with Crippen molar-refractivity contribution in [2.24, 2.45) is 0 Å². The van der Waals surface area contributed by atoms with E-state index in [0.717, 1.165) is 11.8 Å². The maximum absolute atomic E-state index is 5.31. The van der Waals surface area contributed by atoms with Gasteiger partial charge in [-0.15, -0.1) is 0 Å². The minimum absolute atomic E-state index is 0.748. The number of likely N-dealkylation sites (tertiary alicyclic amines) is 1. The van der Waals surface area contributed by atoms with Crippen LogP contribution in [0.2, 0.25) is 0 Å². The van der Waals surface area contributed by atoms with Crippen LogP contribution >= 0.6 is 0 Å². The second kappa shape index (κ2) is 4.69. The van der Waals surface area contributed by atoms with Gasteiger partial charge in [0.1, 0.15) is 5.75 Å². The van der Waals surface area contributed by atoms with E-state index < -0.39 is 0 Å². The van der Waals surface area contributed by atoms with E-state index in [9.17, 15) is 0 Å². The highest BCUT2D eigenvalue weighted by Crippen LogP contribution is 2.30. The second-order valence-electron chi connectivity index (χ2n) is 5.29. The van der Waals surface area contributed by atoms with Gasteiger partial charge in [-0.1, -0.05) is 12.5 Å². The van der Waals surface area contributed by atoms with Crippen molar-refractivity contribution >= 4 is 0 Å². The van der Waals surface area contributed by atoms with E-state index in [2.05, 4.69) is 23.1 Å². The van der Waals surface area contributed by atoms with Crippen LogP contribution in [0.15, 0.2) is 18.2 Å². The van der Waals surface area contributed by atoms with Gasteiger partial charge >= 0.3 is 0 Å². The molecule has 3 rings (SSSR count). The van der Waals surface area contributed by atoms with E-state index in [0.29, 0.717) is 0 Å². The Hall–Kier alpha value is -1.02. The molecule has 0 saturated carbocycles. The third-order valence-electron chi connectivity index (χ3n) is 4.23. The smallest absolute Gasteiger partial charge is 0.119 e. The van der Waals surface area contributed by atoms with E-state index in [1.165, 1.54) is 56.3 Å². The monoisotopic (exact) mass is 231 g/mol. The molecule has 2 nitrogen and oxygen atoms in total. The summed E-state index contributed by atoms with van der Waals surface area (Å²) in [5.74, 6) is 1.00. The molecule has 1 aromatic rings. The van der Waals surface area contributed by atoms with Crippen molar-refractivity contribution in [3.05, 3.63) is 29.3 Å². The summed E-state index contributed by atoms with van der Waals surface area (Å²) < 4.78 is 5.31. The van der Waals surface area contributed by atoms with Crippen LogP contribution in [0.1, 0.15) is 30.4 Å². The average Bonchev–Trinajstić information content (AvgIpc) is 2.82. The Morgan fingerprint density at radius 1 is 1.06 bits per heavy atom. The minimum Gasteiger partial charge on any atom is -0.497 e. The Morgan fingerprint density at radius 2 is 1.82 bits per heavy atom. The Morgan fingerprint density at radius 3 is 2.59 bits per heavy atom. The van der Waals surface area contributed by atoms with Crippen molar-refractivity contribution in [3.63, 3.8) is 0 Å². The van der Waals surface area contributed by atoms with Crippen LogP contribution in [0, 0.1) is 0 Å². The molecule has 0 aromatic heterocycles. The molecule has 1 aliphatic heterocycles. The van der Waals surface area contributed by atoms with Gasteiger partial charge in [-0.3, -0.25) is 4.90 Å². The zero-order chi connectivity index (χ0) is 11.7. The van der Waals surface area contributed by atoms with E-state index >= 15 is 0 Å². The SMILES string of the molecule is COc1ccc2c(c1)C[C@H](N1CCCCC1)C2. The number of hydrogen-bond donors (Lipinski definition) is 0. The van der Waals surface area contributed by atoms with Crippen LogP contribution in [0.25, 0.3) is 0 Å². The van der Waals surface area contributed by atoms with Crippen LogP contribution < -0.4 is 4.74 Å². The maximum atomic E-state index is 5.31. The summed E-state index contributed by atoms with van der Waals surface area (Å²) in [5, 5.41) is 0. The second-order valence-corrected chi connectivity index (χ2v) is 5.29. The molecular weight excluding hydrogens is 210 g/mol. The molecule has 0 N–H and O–H groups in total. The summed E-state index contributed by atoms with van der Waals surface area (Å²) in [4.78, 5) is 2.69. The number of nitrogens with zero attached hydrogens (tertiary/aromatic N) is 1. The topological polar surface area (TPSA) is 12.5 Å². The van der Waals surface area contributed by atoms with Crippen molar-refractivity contribution in [2.45, 2.75) is 38.1 Å². The first-order valence-electron chi connectivity index (χ1n) is 6.76. The molecule has 0 amide bonds. The summed E-state index contributed by atoms with van der Waals surface area (Å²) in [7, 11) is 1.75. The maximum Gasteiger partial charge on any atom is 0.119 e. The van der Waals surface area contributed by atoms with E-state index in [4.69, 9.17) is 4.74 Å². The van der Waals surface area contributed by atoms with Gasteiger partial charge in [0, 0.05) is 6.04 Å². The molecule has 1 saturated heterocycles. The van der Waals surface area contributed by atoms with Crippen molar-refractivity contribution < 1.29 is 4.74 Å². The van der Waals surface area contributed by atoms with Gasteiger partial charge in [0.25, 0.3) is 0 Å². The van der Waals surface area contributed by atoms with Crippen molar-refractivity contribution in [1.29, 1.82) is 0 Å². The molecule has 0 unspecified atom stereocenters. The van der Waals surface area contributed by atoms with Crippen LogP contribution in [0.3, 0.4) is 0 Å². The van der Waals surface area contributed by atoms with E-state index in [1.54, 1.807) is 7.11 Å². The third kappa shape index (κ3) is 2.19. The number of rotatable bonds is 2. The lowest BCUT2D eigenvalue weighted by Gasteiger charge is -2.32. The average molecular weight is 231 g/mol. The van der Waals surface area contributed by atoms with E-state index in [1.807, 2.05) is 0 Å². The molecule has 1 atom stereocenters. The Balaban J connectivity index is 1.73. The summed E-state index contributed by atoms with van der Waals surface area (Å²) in [6.45, 7) is 2.60. The number of hydrogen-bond acceptors (Lipinski definition) is 2. The molecule has 2 aliphatic rings. The summed E-state index contributed by atoms with van der Waals surface area (Å²) in [6, 6.07) is 7.31. The molecule has 1 aromatic carbocycles. The highest BCUT2D eigenvalue weighted by Gasteiger charge is 2.27. The number of piperidine rings is 1. The fraction of sp³-hybridized carbons (Fsp3) is 0.600. The number of benzene rings is 1. The highest BCUT2D eigenvalue weighted by molar-refractivity contribution is 5.40. The predicted octanol–water partition coefficient (Wildman–Crippen LogP) is 2.65. The van der Waals surface area contributed by atoms with Crippen LogP contribution in [-0.2, 0) is 12.8 Å². The van der Waals surface area contributed by atoms with Crippen LogP contribution in [0.5, 0.6) is 5.75 Å². The van der Waals surface area contributed by atoms with Gasteiger partial charge in [-0.25, -0.2) is 0 Å². The molecule has 0 spiro atoms. The Kier molecular flexibility index (Phi) is 3.06. The zero-order valence-corrected chi connectivity index (χ0v) is 10.6. The third-order valence-corrected chi connectivity index (χ3v) is 4.23. The fourth-order valence-electron chi connectivity index (χ4n) is 3.24. The largest absolute Gasteiger partial charge is 0.497 e. The summed E-state index contributed by atoms with van der Waals surface area (Å²) >= 11 is 0. The first-order chi connectivity index (χ1) is 8.36. The first kappa shape index (κ1) is 11.1. The molecule has 0 radical (unpaired) electrons. The van der Waals surface area contributed by atoms with Gasteiger partial charge in [0.15, 0.2) is 0 Å². The molecule has 0 bridgehead atoms. The standard InChI is InChI=1S/C15H21NO/c1-17-15-6-5-12-9-14(10-13(12)11-15)16-7-3-2-4-8-16/h5-6,11,14H,2-4,7-10H2,1H3/t14-/m1/s1. The van der Waals surface area contributed by atoms with Gasteiger partial charge in [0.2, 0.25) is 0 Å². The molecule has 1 fully saturated rings. The first-order valence-corrected chi connectivity index (χ1v) is 6.76. The lowest BCUT2D eigenvalue weighted by molar-refractivity contribution is 0.168. The normalized spacial score (nSPS) is 24.6. The highest BCUT2D eigenvalue weighted by atomic mass is 16.5. The number of fused-ring (bicyclic) bond motifs is 1. The van der Waals surface area contributed by atoms with Gasteiger partial charge in [-0.05, 0) is 62.0 Å². The number of methoxy groups -OCH3 is 1. The minimum atomic E-state index is 0.748. The Labute approximate surface area is 104 Å². The van der Waals surface area contributed by atoms with Crippen molar-refractivity contribution in [1.82, 2.24) is 4.90 Å². The van der Waals surface area contributed by atoms with Gasteiger partial charge in [0.05, 0.1) is 7.11 Å². The fourth-order valence-corrected chi connectivity index (χ4v) is 3.24. The summed E-state index contributed by atoms with van der Waals surface area (Å²) in [5.41, 5.74) is 3.03.